The first-order chi connectivity index (χ1) is 9.24. The van der Waals surface area contributed by atoms with E-state index in [4.69, 9.17) is 4.74 Å². The number of halogens is 2. The van der Waals surface area contributed by atoms with Crippen molar-refractivity contribution in [2.45, 2.75) is 17.7 Å². The lowest BCUT2D eigenvalue weighted by atomic mass is 9.99. The monoisotopic (exact) mass is 380 g/mol. The molecule has 98 valence electrons. The van der Waals surface area contributed by atoms with E-state index >= 15 is 0 Å². The van der Waals surface area contributed by atoms with Gasteiger partial charge < -0.3 is 4.74 Å². The normalized spacial score (nSPS) is 15.5. The number of hydrogen-bond acceptors (Lipinski definition) is 1. The number of benzene rings is 2. The van der Waals surface area contributed by atoms with Crippen molar-refractivity contribution in [1.82, 2.24) is 0 Å². The van der Waals surface area contributed by atoms with E-state index in [-0.39, 0.29) is 4.83 Å². The van der Waals surface area contributed by atoms with Crippen molar-refractivity contribution in [1.29, 1.82) is 0 Å². The molecule has 0 aliphatic carbocycles. The lowest BCUT2D eigenvalue weighted by Gasteiger charge is -2.19. The highest BCUT2D eigenvalue weighted by Crippen LogP contribution is 2.35. The molecular weight excluding hydrogens is 368 g/mol. The summed E-state index contributed by atoms with van der Waals surface area (Å²) in [7, 11) is 0. The van der Waals surface area contributed by atoms with Crippen molar-refractivity contribution in [2.75, 3.05) is 6.61 Å². The first kappa shape index (κ1) is 13.2. The molecule has 3 heteroatoms. The van der Waals surface area contributed by atoms with Gasteiger partial charge in [0.25, 0.3) is 0 Å². The minimum absolute atomic E-state index is 0.229. The Morgan fingerprint density at radius 1 is 1.00 bits per heavy atom. The number of alkyl halides is 1. The van der Waals surface area contributed by atoms with Crippen LogP contribution in [0.25, 0.3) is 0 Å². The van der Waals surface area contributed by atoms with Crippen molar-refractivity contribution in [3.8, 4) is 5.75 Å². The third kappa shape index (κ3) is 2.87. The maximum Gasteiger partial charge on any atom is 0.122 e. The molecule has 0 N–H and O–H groups in total. The number of aryl methyl sites for hydroxylation is 1. The summed E-state index contributed by atoms with van der Waals surface area (Å²) in [6.45, 7) is 0.844. The van der Waals surface area contributed by atoms with Crippen LogP contribution in [0, 0.1) is 0 Å². The van der Waals surface area contributed by atoms with Crippen LogP contribution in [0.1, 0.15) is 27.9 Å². The molecule has 0 saturated carbocycles. The minimum atomic E-state index is 0.229. The Labute approximate surface area is 130 Å². The molecule has 2 aromatic carbocycles. The van der Waals surface area contributed by atoms with Crippen LogP contribution in [0.4, 0.5) is 0 Å². The van der Waals surface area contributed by atoms with Crippen LogP contribution in [-0.4, -0.2) is 6.61 Å². The molecule has 1 atom stereocenters. The highest BCUT2D eigenvalue weighted by molar-refractivity contribution is 9.10. The van der Waals surface area contributed by atoms with Gasteiger partial charge in [-0.05, 0) is 47.7 Å². The molecule has 19 heavy (non-hydrogen) atoms. The number of ether oxygens (including phenoxy) is 1. The molecule has 0 aromatic heterocycles. The average Bonchev–Trinajstić information content (AvgIpc) is 2.47. The highest BCUT2D eigenvalue weighted by Gasteiger charge is 2.15. The summed E-state index contributed by atoms with van der Waals surface area (Å²) in [6.07, 6.45) is 2.23. The van der Waals surface area contributed by atoms with Crippen LogP contribution in [0.15, 0.2) is 46.9 Å². The first-order valence-corrected chi connectivity index (χ1v) is 8.10. The average molecular weight is 382 g/mol. The smallest absolute Gasteiger partial charge is 0.122 e. The van der Waals surface area contributed by atoms with Crippen LogP contribution in [0.5, 0.6) is 5.75 Å². The Hall–Kier alpha value is -0.800. The maximum absolute atomic E-state index is 5.66. The SMILES string of the molecule is Brc1ccc(C(Br)c2ccc3c(c2)CCCO3)cc1. The number of rotatable bonds is 2. The summed E-state index contributed by atoms with van der Waals surface area (Å²) in [6, 6.07) is 14.9. The quantitative estimate of drug-likeness (QED) is 0.644. The summed E-state index contributed by atoms with van der Waals surface area (Å²) in [5.41, 5.74) is 3.87. The van der Waals surface area contributed by atoms with Gasteiger partial charge in [0.2, 0.25) is 0 Å². The van der Waals surface area contributed by atoms with Gasteiger partial charge in [0.1, 0.15) is 5.75 Å². The molecule has 0 saturated heterocycles. The number of hydrogen-bond donors (Lipinski definition) is 0. The lowest BCUT2D eigenvalue weighted by molar-refractivity contribution is 0.288. The molecule has 0 amide bonds. The largest absolute Gasteiger partial charge is 0.493 e. The summed E-state index contributed by atoms with van der Waals surface area (Å²) in [4.78, 5) is 0.229. The van der Waals surface area contributed by atoms with Crippen LogP contribution < -0.4 is 4.74 Å². The van der Waals surface area contributed by atoms with Crippen molar-refractivity contribution in [3.63, 3.8) is 0 Å². The van der Waals surface area contributed by atoms with E-state index in [0.29, 0.717) is 0 Å². The number of fused-ring (bicyclic) bond motifs is 1. The van der Waals surface area contributed by atoms with E-state index in [1.54, 1.807) is 0 Å². The van der Waals surface area contributed by atoms with Crippen molar-refractivity contribution < 1.29 is 4.74 Å². The zero-order chi connectivity index (χ0) is 13.2. The van der Waals surface area contributed by atoms with E-state index in [1.807, 2.05) is 0 Å². The van der Waals surface area contributed by atoms with Crippen LogP contribution in [0.2, 0.25) is 0 Å². The molecule has 0 radical (unpaired) electrons. The van der Waals surface area contributed by atoms with Crippen molar-refractivity contribution >= 4 is 31.9 Å². The second kappa shape index (κ2) is 5.68. The fourth-order valence-corrected chi connectivity index (χ4v) is 3.22. The second-order valence-electron chi connectivity index (χ2n) is 4.73. The molecule has 0 fully saturated rings. The van der Waals surface area contributed by atoms with Gasteiger partial charge in [-0.1, -0.05) is 56.1 Å². The Morgan fingerprint density at radius 2 is 1.74 bits per heavy atom. The second-order valence-corrected chi connectivity index (χ2v) is 6.56. The van der Waals surface area contributed by atoms with Crippen LogP contribution in [0.3, 0.4) is 0 Å². The molecule has 0 bridgehead atoms. The van der Waals surface area contributed by atoms with E-state index in [0.717, 1.165) is 29.7 Å². The highest BCUT2D eigenvalue weighted by atomic mass is 79.9. The van der Waals surface area contributed by atoms with Crippen LogP contribution in [-0.2, 0) is 6.42 Å². The van der Waals surface area contributed by atoms with Crippen molar-refractivity contribution in [2.24, 2.45) is 0 Å². The molecule has 1 heterocycles. The van der Waals surface area contributed by atoms with E-state index in [1.165, 1.54) is 16.7 Å². The molecular formula is C16H14Br2O. The zero-order valence-corrected chi connectivity index (χ0v) is 13.6. The fraction of sp³-hybridized carbons (Fsp3) is 0.250. The molecule has 3 rings (SSSR count). The van der Waals surface area contributed by atoms with Crippen LogP contribution >= 0.6 is 31.9 Å². The fourth-order valence-electron chi connectivity index (χ4n) is 2.36. The van der Waals surface area contributed by atoms with Gasteiger partial charge in [-0.2, -0.15) is 0 Å². The summed E-state index contributed by atoms with van der Waals surface area (Å²) in [5.74, 6) is 1.05. The van der Waals surface area contributed by atoms with Gasteiger partial charge in [-0.3, -0.25) is 0 Å². The molecule has 1 aliphatic rings. The minimum Gasteiger partial charge on any atom is -0.493 e. The lowest BCUT2D eigenvalue weighted by Crippen LogP contribution is -2.08. The molecule has 0 spiro atoms. The van der Waals surface area contributed by atoms with Gasteiger partial charge in [0, 0.05) is 4.47 Å². The van der Waals surface area contributed by atoms with E-state index in [9.17, 15) is 0 Å². The van der Waals surface area contributed by atoms with Crippen molar-refractivity contribution in [3.05, 3.63) is 63.6 Å². The first-order valence-electron chi connectivity index (χ1n) is 6.39. The van der Waals surface area contributed by atoms with Gasteiger partial charge in [0.15, 0.2) is 0 Å². The Kier molecular flexibility index (Phi) is 3.94. The van der Waals surface area contributed by atoms with E-state index in [2.05, 4.69) is 74.3 Å². The maximum atomic E-state index is 5.66. The third-order valence-electron chi connectivity index (χ3n) is 3.39. The molecule has 1 aliphatic heterocycles. The molecule has 1 unspecified atom stereocenters. The van der Waals surface area contributed by atoms with Gasteiger partial charge >= 0.3 is 0 Å². The summed E-state index contributed by atoms with van der Waals surface area (Å²) < 4.78 is 6.76. The van der Waals surface area contributed by atoms with E-state index < -0.39 is 0 Å². The standard InChI is InChI=1S/C16H14Br2O/c17-14-6-3-11(4-7-14)16(18)13-5-8-15-12(10-13)2-1-9-19-15/h3-8,10,16H,1-2,9H2. The van der Waals surface area contributed by atoms with Gasteiger partial charge in [-0.15, -0.1) is 0 Å². The zero-order valence-electron chi connectivity index (χ0n) is 10.4. The Morgan fingerprint density at radius 3 is 2.53 bits per heavy atom. The Balaban J connectivity index is 1.91. The predicted molar refractivity (Wildman–Crippen MR) is 85.2 cm³/mol. The Bertz CT molecular complexity index is 578. The summed E-state index contributed by atoms with van der Waals surface area (Å²) in [5, 5.41) is 0. The third-order valence-corrected chi connectivity index (χ3v) is 4.97. The molecule has 2 aromatic rings. The van der Waals surface area contributed by atoms with Gasteiger partial charge in [0.05, 0.1) is 11.4 Å². The topological polar surface area (TPSA) is 9.23 Å². The molecule has 1 nitrogen and oxygen atoms in total. The van der Waals surface area contributed by atoms with Gasteiger partial charge in [-0.25, -0.2) is 0 Å². The summed E-state index contributed by atoms with van der Waals surface area (Å²) >= 11 is 7.26. The predicted octanol–water partition coefficient (Wildman–Crippen LogP) is 5.26.